The smallest absolute Gasteiger partial charge is 0.311 e. The van der Waals surface area contributed by atoms with Crippen molar-refractivity contribution in [3.05, 3.63) is 76.8 Å². The van der Waals surface area contributed by atoms with Gasteiger partial charge in [-0.3, -0.25) is 14.4 Å². The number of aromatic nitrogens is 1. The molecule has 1 N–H and O–H groups in total. The molecule has 3 aromatic rings. The van der Waals surface area contributed by atoms with Crippen LogP contribution in [-0.4, -0.2) is 35.0 Å². The third kappa shape index (κ3) is 6.27. The Morgan fingerprint density at radius 2 is 1.77 bits per heavy atom. The molecule has 0 aliphatic carbocycles. The zero-order valence-corrected chi connectivity index (χ0v) is 17.9. The summed E-state index contributed by atoms with van der Waals surface area (Å²) < 4.78 is 5.64. The number of esters is 1. The molecule has 154 valence electrons. The molecule has 0 radical (unpaired) electrons. The van der Waals surface area contributed by atoms with Gasteiger partial charge in [-0.15, -0.1) is 11.3 Å². The van der Waals surface area contributed by atoms with E-state index in [0.29, 0.717) is 29.1 Å². The summed E-state index contributed by atoms with van der Waals surface area (Å²) in [4.78, 5) is 40.5. The van der Waals surface area contributed by atoms with Gasteiger partial charge in [0.15, 0.2) is 10.1 Å². The SMILES string of the molecule is CCOC(=O)Cc1csc(SCC(=O)c2ccc(NC(=O)c3ccccc3)cc2)n1. The van der Waals surface area contributed by atoms with E-state index in [0.717, 1.165) is 4.34 Å². The molecule has 3 rings (SSSR count). The molecule has 0 bridgehead atoms. The number of benzene rings is 2. The first-order valence-electron chi connectivity index (χ1n) is 9.27. The number of nitrogens with one attached hydrogen (secondary N) is 1. The van der Waals surface area contributed by atoms with Crippen molar-refractivity contribution in [2.24, 2.45) is 0 Å². The van der Waals surface area contributed by atoms with Crippen molar-refractivity contribution in [1.82, 2.24) is 4.98 Å². The maximum absolute atomic E-state index is 12.4. The second-order valence-electron chi connectivity index (χ2n) is 6.20. The standard InChI is InChI=1S/C22H20N2O4S2/c1-2-28-20(26)12-18-13-29-22(24-18)30-14-19(25)15-8-10-17(11-9-15)23-21(27)16-6-4-3-5-7-16/h3-11,13H,2,12,14H2,1H3,(H,23,27). The average Bonchev–Trinajstić information content (AvgIpc) is 3.20. The van der Waals surface area contributed by atoms with Crippen LogP contribution in [0.3, 0.4) is 0 Å². The van der Waals surface area contributed by atoms with Gasteiger partial charge in [0.25, 0.3) is 5.91 Å². The van der Waals surface area contributed by atoms with Crippen LogP contribution in [0.5, 0.6) is 0 Å². The molecule has 2 aromatic carbocycles. The molecule has 0 aliphatic heterocycles. The van der Waals surface area contributed by atoms with Crippen LogP contribution in [0.4, 0.5) is 5.69 Å². The Hall–Kier alpha value is -2.97. The molecule has 0 fully saturated rings. The number of ketones is 1. The quantitative estimate of drug-likeness (QED) is 0.300. The van der Waals surface area contributed by atoms with Crippen LogP contribution >= 0.6 is 23.1 Å². The maximum Gasteiger partial charge on any atom is 0.311 e. The monoisotopic (exact) mass is 440 g/mol. The predicted octanol–water partition coefficient (Wildman–Crippen LogP) is 4.48. The van der Waals surface area contributed by atoms with Crippen molar-refractivity contribution in [2.75, 3.05) is 17.7 Å². The molecular formula is C22H20N2O4S2. The lowest BCUT2D eigenvalue weighted by molar-refractivity contribution is -0.142. The first-order valence-corrected chi connectivity index (χ1v) is 11.1. The number of carbonyl (C=O) groups excluding carboxylic acids is 3. The van der Waals surface area contributed by atoms with Gasteiger partial charge in [-0.25, -0.2) is 4.98 Å². The van der Waals surface area contributed by atoms with Crippen molar-refractivity contribution in [2.45, 2.75) is 17.7 Å². The molecule has 0 aliphatic rings. The molecule has 30 heavy (non-hydrogen) atoms. The van der Waals surface area contributed by atoms with E-state index >= 15 is 0 Å². The Morgan fingerprint density at radius 3 is 2.47 bits per heavy atom. The van der Waals surface area contributed by atoms with Gasteiger partial charge in [0.1, 0.15) is 0 Å². The van der Waals surface area contributed by atoms with E-state index < -0.39 is 0 Å². The molecule has 0 atom stereocenters. The highest BCUT2D eigenvalue weighted by Gasteiger charge is 2.12. The number of Topliss-reactive ketones (excluding diaryl/α,β-unsaturated/α-hetero) is 1. The van der Waals surface area contributed by atoms with Crippen molar-refractivity contribution in [3.63, 3.8) is 0 Å². The van der Waals surface area contributed by atoms with Crippen molar-refractivity contribution >= 4 is 46.4 Å². The van der Waals surface area contributed by atoms with Gasteiger partial charge < -0.3 is 10.1 Å². The highest BCUT2D eigenvalue weighted by molar-refractivity contribution is 8.01. The fourth-order valence-corrected chi connectivity index (χ4v) is 4.28. The van der Waals surface area contributed by atoms with E-state index in [-0.39, 0.29) is 29.8 Å². The number of amides is 1. The fraction of sp³-hybridized carbons (Fsp3) is 0.182. The first-order chi connectivity index (χ1) is 14.5. The summed E-state index contributed by atoms with van der Waals surface area (Å²) in [5, 5.41) is 4.61. The average molecular weight is 441 g/mol. The molecular weight excluding hydrogens is 420 g/mol. The number of thioether (sulfide) groups is 1. The topological polar surface area (TPSA) is 85.4 Å². The highest BCUT2D eigenvalue weighted by Crippen LogP contribution is 2.24. The Balaban J connectivity index is 1.51. The number of carbonyl (C=O) groups is 3. The van der Waals surface area contributed by atoms with Gasteiger partial charge >= 0.3 is 5.97 Å². The molecule has 0 saturated carbocycles. The van der Waals surface area contributed by atoms with Crippen molar-refractivity contribution < 1.29 is 19.1 Å². The Morgan fingerprint density at radius 1 is 1.03 bits per heavy atom. The second kappa shape index (κ2) is 10.7. The molecule has 6 nitrogen and oxygen atoms in total. The zero-order chi connectivity index (χ0) is 21.3. The van der Waals surface area contributed by atoms with Crippen LogP contribution in [0, 0.1) is 0 Å². The van der Waals surface area contributed by atoms with E-state index in [1.54, 1.807) is 60.8 Å². The molecule has 1 heterocycles. The normalized spacial score (nSPS) is 10.4. The molecule has 1 aromatic heterocycles. The lowest BCUT2D eigenvalue weighted by atomic mass is 10.1. The Labute approximate surface area is 182 Å². The lowest BCUT2D eigenvalue weighted by Gasteiger charge is -2.06. The highest BCUT2D eigenvalue weighted by atomic mass is 32.2. The molecule has 8 heteroatoms. The van der Waals surface area contributed by atoms with Gasteiger partial charge in [-0.05, 0) is 43.3 Å². The zero-order valence-electron chi connectivity index (χ0n) is 16.3. The second-order valence-corrected chi connectivity index (χ2v) is 8.28. The van der Waals surface area contributed by atoms with Gasteiger partial charge in [-0.2, -0.15) is 0 Å². The van der Waals surface area contributed by atoms with Gasteiger partial charge in [0, 0.05) is 22.2 Å². The summed E-state index contributed by atoms with van der Waals surface area (Å²) in [6, 6.07) is 15.7. The maximum atomic E-state index is 12.4. The minimum absolute atomic E-state index is 0.0388. The Kier molecular flexibility index (Phi) is 7.75. The fourth-order valence-electron chi connectivity index (χ4n) is 2.54. The van der Waals surface area contributed by atoms with Gasteiger partial charge in [0.2, 0.25) is 0 Å². The predicted molar refractivity (Wildman–Crippen MR) is 118 cm³/mol. The van der Waals surface area contributed by atoms with E-state index in [1.807, 2.05) is 6.07 Å². The number of anilines is 1. The summed E-state index contributed by atoms with van der Waals surface area (Å²) in [5.74, 6) is -0.312. The third-order valence-corrected chi connectivity index (χ3v) is 6.06. The third-order valence-electron chi connectivity index (χ3n) is 3.99. The number of thiazole rings is 1. The summed E-state index contributed by atoms with van der Waals surface area (Å²) >= 11 is 2.73. The van der Waals surface area contributed by atoms with E-state index in [2.05, 4.69) is 10.3 Å². The van der Waals surface area contributed by atoms with E-state index in [4.69, 9.17) is 4.74 Å². The molecule has 1 amide bonds. The minimum Gasteiger partial charge on any atom is -0.466 e. The van der Waals surface area contributed by atoms with E-state index in [9.17, 15) is 14.4 Å². The summed E-state index contributed by atoms with van der Waals surface area (Å²) in [7, 11) is 0. The number of nitrogens with zero attached hydrogens (tertiary/aromatic N) is 1. The molecule has 0 saturated heterocycles. The summed E-state index contributed by atoms with van der Waals surface area (Å²) in [6.07, 6.45) is 0.134. The van der Waals surface area contributed by atoms with Crippen molar-refractivity contribution in [1.29, 1.82) is 0 Å². The largest absolute Gasteiger partial charge is 0.466 e. The van der Waals surface area contributed by atoms with Crippen LogP contribution in [0.2, 0.25) is 0 Å². The van der Waals surface area contributed by atoms with Gasteiger partial charge in [0.05, 0.1) is 24.5 Å². The summed E-state index contributed by atoms with van der Waals surface area (Å²) in [5.41, 5.74) is 2.40. The van der Waals surface area contributed by atoms with Crippen LogP contribution in [-0.2, 0) is 16.0 Å². The molecule has 0 unspecified atom stereocenters. The Bertz CT molecular complexity index is 1020. The first kappa shape index (κ1) is 21.7. The van der Waals surface area contributed by atoms with Crippen LogP contribution < -0.4 is 5.32 Å². The summed E-state index contributed by atoms with van der Waals surface area (Å²) in [6.45, 7) is 2.10. The molecule has 0 spiro atoms. The van der Waals surface area contributed by atoms with Crippen molar-refractivity contribution in [3.8, 4) is 0 Å². The number of ether oxygens (including phenoxy) is 1. The number of hydrogen-bond acceptors (Lipinski definition) is 7. The number of hydrogen-bond donors (Lipinski definition) is 1. The van der Waals surface area contributed by atoms with Crippen LogP contribution in [0.25, 0.3) is 0 Å². The van der Waals surface area contributed by atoms with Crippen LogP contribution in [0.15, 0.2) is 64.3 Å². The lowest BCUT2D eigenvalue weighted by Crippen LogP contribution is -2.11. The van der Waals surface area contributed by atoms with E-state index in [1.165, 1.54) is 23.1 Å². The number of rotatable bonds is 9. The minimum atomic E-state index is -0.310. The van der Waals surface area contributed by atoms with Gasteiger partial charge in [-0.1, -0.05) is 30.0 Å². The van der Waals surface area contributed by atoms with Crippen LogP contribution in [0.1, 0.15) is 33.3 Å².